The number of carbonyl (C=O) groups is 1. The van der Waals surface area contributed by atoms with Gasteiger partial charge in [0.25, 0.3) is 0 Å². The van der Waals surface area contributed by atoms with Crippen molar-refractivity contribution in [3.8, 4) is 0 Å². The standard InChI is InChI=1S/C13H25NO3/c1-13(2)6-4-3-5-11(13)12(17)14(7-9-15)8-10-16/h11,15-16H,3-10H2,1-2H3. The fraction of sp³-hybridized carbons (Fsp3) is 0.923. The molecule has 0 aromatic heterocycles. The maximum absolute atomic E-state index is 12.4. The second kappa shape index (κ2) is 6.36. The SMILES string of the molecule is CC1(C)CCCCC1C(=O)N(CCO)CCO. The highest BCUT2D eigenvalue weighted by atomic mass is 16.3. The molecule has 0 spiro atoms. The maximum Gasteiger partial charge on any atom is 0.226 e. The highest BCUT2D eigenvalue weighted by molar-refractivity contribution is 5.79. The number of nitrogens with zero attached hydrogens (tertiary/aromatic N) is 1. The van der Waals surface area contributed by atoms with E-state index in [4.69, 9.17) is 10.2 Å². The summed E-state index contributed by atoms with van der Waals surface area (Å²) in [7, 11) is 0. The van der Waals surface area contributed by atoms with Gasteiger partial charge >= 0.3 is 0 Å². The Morgan fingerprint density at radius 1 is 1.24 bits per heavy atom. The molecule has 0 bridgehead atoms. The molecule has 1 amide bonds. The van der Waals surface area contributed by atoms with Gasteiger partial charge in [0.1, 0.15) is 0 Å². The Kier molecular flexibility index (Phi) is 5.40. The molecule has 1 atom stereocenters. The minimum atomic E-state index is -0.0428. The molecule has 0 aromatic rings. The van der Waals surface area contributed by atoms with Gasteiger partial charge in [0.05, 0.1) is 13.2 Å². The topological polar surface area (TPSA) is 60.8 Å². The molecule has 1 fully saturated rings. The highest BCUT2D eigenvalue weighted by Crippen LogP contribution is 2.41. The minimum Gasteiger partial charge on any atom is -0.395 e. The largest absolute Gasteiger partial charge is 0.395 e. The van der Waals surface area contributed by atoms with Gasteiger partial charge in [-0.05, 0) is 18.3 Å². The van der Waals surface area contributed by atoms with Crippen LogP contribution in [-0.2, 0) is 4.79 Å². The summed E-state index contributed by atoms with van der Waals surface area (Å²) in [6.45, 7) is 4.85. The average molecular weight is 243 g/mol. The number of aliphatic hydroxyl groups is 2. The summed E-state index contributed by atoms with van der Waals surface area (Å²) < 4.78 is 0. The second-order valence-electron chi connectivity index (χ2n) is 5.56. The molecule has 1 unspecified atom stereocenters. The van der Waals surface area contributed by atoms with Crippen LogP contribution in [-0.4, -0.2) is 47.3 Å². The van der Waals surface area contributed by atoms with Crippen LogP contribution in [0.5, 0.6) is 0 Å². The second-order valence-corrected chi connectivity index (χ2v) is 5.56. The van der Waals surface area contributed by atoms with Crippen LogP contribution in [0.25, 0.3) is 0 Å². The number of carbonyl (C=O) groups excluding carboxylic acids is 1. The maximum atomic E-state index is 12.4. The smallest absolute Gasteiger partial charge is 0.226 e. The van der Waals surface area contributed by atoms with E-state index < -0.39 is 0 Å². The van der Waals surface area contributed by atoms with Crippen LogP contribution in [0.2, 0.25) is 0 Å². The Morgan fingerprint density at radius 2 is 1.82 bits per heavy atom. The first kappa shape index (κ1) is 14.5. The number of hydrogen-bond acceptors (Lipinski definition) is 3. The van der Waals surface area contributed by atoms with E-state index in [9.17, 15) is 4.79 Å². The zero-order chi connectivity index (χ0) is 12.9. The Bertz CT molecular complexity index is 247. The van der Waals surface area contributed by atoms with Crippen LogP contribution in [0.15, 0.2) is 0 Å². The molecule has 1 saturated carbocycles. The molecule has 1 rings (SSSR count). The summed E-state index contributed by atoms with van der Waals surface area (Å²) in [5.41, 5.74) is 0.0402. The van der Waals surface area contributed by atoms with Crippen molar-refractivity contribution in [1.29, 1.82) is 0 Å². The number of aliphatic hydroxyl groups excluding tert-OH is 2. The Hall–Kier alpha value is -0.610. The van der Waals surface area contributed by atoms with Gasteiger partial charge in [-0.3, -0.25) is 4.79 Å². The lowest BCUT2D eigenvalue weighted by molar-refractivity contribution is -0.142. The van der Waals surface area contributed by atoms with Gasteiger partial charge < -0.3 is 15.1 Å². The van der Waals surface area contributed by atoms with Gasteiger partial charge in [0, 0.05) is 19.0 Å². The van der Waals surface area contributed by atoms with Crippen LogP contribution in [0.4, 0.5) is 0 Å². The molecule has 0 radical (unpaired) electrons. The lowest BCUT2D eigenvalue weighted by atomic mass is 9.68. The minimum absolute atomic E-state index is 0.0364. The lowest BCUT2D eigenvalue weighted by Gasteiger charge is -2.40. The highest BCUT2D eigenvalue weighted by Gasteiger charge is 2.38. The van der Waals surface area contributed by atoms with Gasteiger partial charge in [0.2, 0.25) is 5.91 Å². The zero-order valence-corrected chi connectivity index (χ0v) is 11.0. The van der Waals surface area contributed by atoms with Crippen molar-refractivity contribution in [2.45, 2.75) is 39.5 Å². The fourth-order valence-corrected chi connectivity index (χ4v) is 2.75. The summed E-state index contributed by atoms with van der Waals surface area (Å²) in [6.07, 6.45) is 4.30. The summed E-state index contributed by atoms with van der Waals surface area (Å²) in [5.74, 6) is 0.132. The first-order valence-corrected chi connectivity index (χ1v) is 6.53. The molecule has 0 aromatic carbocycles. The van der Waals surface area contributed by atoms with E-state index in [1.54, 1.807) is 4.90 Å². The van der Waals surface area contributed by atoms with Crippen LogP contribution >= 0.6 is 0 Å². The molecule has 17 heavy (non-hydrogen) atoms. The monoisotopic (exact) mass is 243 g/mol. The molecule has 0 aliphatic heterocycles. The lowest BCUT2D eigenvalue weighted by Crippen LogP contribution is -2.45. The van der Waals surface area contributed by atoms with Crippen molar-refractivity contribution >= 4 is 5.91 Å². The molecule has 1 aliphatic carbocycles. The third-order valence-electron chi connectivity index (χ3n) is 3.86. The average Bonchev–Trinajstić information content (AvgIpc) is 2.27. The number of amides is 1. The first-order chi connectivity index (χ1) is 8.03. The Balaban J connectivity index is 2.70. The molecule has 0 heterocycles. The molecular weight excluding hydrogens is 218 g/mol. The van der Waals surface area contributed by atoms with Crippen molar-refractivity contribution in [1.82, 2.24) is 4.90 Å². The van der Waals surface area contributed by atoms with E-state index >= 15 is 0 Å². The summed E-state index contributed by atoms with van der Waals surface area (Å²) in [5, 5.41) is 17.9. The predicted molar refractivity (Wildman–Crippen MR) is 66.5 cm³/mol. The quantitative estimate of drug-likeness (QED) is 0.758. The molecule has 100 valence electrons. The normalized spacial score (nSPS) is 23.4. The van der Waals surface area contributed by atoms with Crippen molar-refractivity contribution in [2.75, 3.05) is 26.3 Å². The van der Waals surface area contributed by atoms with Gasteiger partial charge in [-0.2, -0.15) is 0 Å². The molecule has 0 saturated heterocycles. The molecule has 4 heteroatoms. The van der Waals surface area contributed by atoms with E-state index in [-0.39, 0.29) is 30.5 Å². The van der Waals surface area contributed by atoms with Crippen LogP contribution in [0.3, 0.4) is 0 Å². The van der Waals surface area contributed by atoms with Crippen LogP contribution < -0.4 is 0 Å². The summed E-state index contributed by atoms with van der Waals surface area (Å²) >= 11 is 0. The fourth-order valence-electron chi connectivity index (χ4n) is 2.75. The van der Waals surface area contributed by atoms with Crippen LogP contribution in [0, 0.1) is 11.3 Å². The van der Waals surface area contributed by atoms with Crippen molar-refractivity contribution < 1.29 is 15.0 Å². The van der Waals surface area contributed by atoms with Crippen LogP contribution in [0.1, 0.15) is 39.5 Å². The molecule has 2 N–H and O–H groups in total. The molecular formula is C13H25NO3. The van der Waals surface area contributed by atoms with Gasteiger partial charge in [-0.1, -0.05) is 26.7 Å². The van der Waals surface area contributed by atoms with Gasteiger partial charge in [-0.15, -0.1) is 0 Å². The van der Waals surface area contributed by atoms with E-state index in [2.05, 4.69) is 13.8 Å². The van der Waals surface area contributed by atoms with E-state index in [1.807, 2.05) is 0 Å². The third-order valence-corrected chi connectivity index (χ3v) is 3.86. The van der Waals surface area contributed by atoms with E-state index in [1.165, 1.54) is 6.42 Å². The predicted octanol–water partition coefficient (Wildman–Crippen LogP) is 1.02. The van der Waals surface area contributed by atoms with E-state index in [0.29, 0.717) is 13.1 Å². The Labute approximate surface area is 104 Å². The first-order valence-electron chi connectivity index (χ1n) is 6.53. The van der Waals surface area contributed by atoms with Gasteiger partial charge in [0.15, 0.2) is 0 Å². The molecule has 4 nitrogen and oxygen atoms in total. The number of hydrogen-bond donors (Lipinski definition) is 2. The Morgan fingerprint density at radius 3 is 2.29 bits per heavy atom. The van der Waals surface area contributed by atoms with Gasteiger partial charge in [-0.25, -0.2) is 0 Å². The molecule has 1 aliphatic rings. The number of rotatable bonds is 5. The van der Waals surface area contributed by atoms with Crippen molar-refractivity contribution in [2.24, 2.45) is 11.3 Å². The van der Waals surface area contributed by atoms with Crippen molar-refractivity contribution in [3.05, 3.63) is 0 Å². The van der Waals surface area contributed by atoms with Crippen molar-refractivity contribution in [3.63, 3.8) is 0 Å². The zero-order valence-electron chi connectivity index (χ0n) is 11.0. The third kappa shape index (κ3) is 3.68. The van der Waals surface area contributed by atoms with E-state index in [0.717, 1.165) is 19.3 Å². The summed E-state index contributed by atoms with van der Waals surface area (Å²) in [6, 6.07) is 0. The summed E-state index contributed by atoms with van der Waals surface area (Å²) in [4.78, 5) is 14.0.